The molecule has 1 saturated heterocycles. The van der Waals surface area contributed by atoms with E-state index in [1.54, 1.807) is 0 Å². The van der Waals surface area contributed by atoms with E-state index in [-0.39, 0.29) is 11.3 Å². The summed E-state index contributed by atoms with van der Waals surface area (Å²) >= 11 is 0. The minimum atomic E-state index is -0.874. The van der Waals surface area contributed by atoms with Gasteiger partial charge in [-0.1, -0.05) is 20.8 Å². The van der Waals surface area contributed by atoms with Crippen LogP contribution in [0.3, 0.4) is 0 Å². The maximum atomic E-state index is 11.9. The monoisotopic (exact) mass is 227 g/mol. The topological polar surface area (TPSA) is 57.6 Å². The summed E-state index contributed by atoms with van der Waals surface area (Å²) in [7, 11) is 0. The SMILES string of the molecule is CC(C)(C)CCC(=O)N1CCC[C@@H]1C(=O)O. The number of hydrogen-bond donors (Lipinski definition) is 1. The van der Waals surface area contributed by atoms with Gasteiger partial charge >= 0.3 is 5.97 Å². The van der Waals surface area contributed by atoms with Crippen molar-refractivity contribution in [3.8, 4) is 0 Å². The second-order valence-corrected chi connectivity index (χ2v) is 5.64. The average molecular weight is 227 g/mol. The molecule has 1 N–H and O–H groups in total. The first-order valence-corrected chi connectivity index (χ1v) is 5.83. The largest absolute Gasteiger partial charge is 0.480 e. The molecule has 1 aliphatic rings. The Hall–Kier alpha value is -1.06. The highest BCUT2D eigenvalue weighted by Crippen LogP contribution is 2.24. The highest BCUT2D eigenvalue weighted by Gasteiger charge is 2.33. The van der Waals surface area contributed by atoms with Gasteiger partial charge < -0.3 is 10.0 Å². The number of hydrogen-bond acceptors (Lipinski definition) is 2. The molecule has 1 amide bonds. The van der Waals surface area contributed by atoms with Crippen LogP contribution in [0.2, 0.25) is 0 Å². The van der Waals surface area contributed by atoms with Crippen LogP contribution >= 0.6 is 0 Å². The van der Waals surface area contributed by atoms with Gasteiger partial charge in [-0.2, -0.15) is 0 Å². The Morgan fingerprint density at radius 1 is 1.38 bits per heavy atom. The van der Waals surface area contributed by atoms with Crippen molar-refractivity contribution in [1.29, 1.82) is 0 Å². The molecule has 0 unspecified atom stereocenters. The van der Waals surface area contributed by atoms with E-state index < -0.39 is 12.0 Å². The van der Waals surface area contributed by atoms with Gasteiger partial charge in [-0.25, -0.2) is 4.79 Å². The van der Waals surface area contributed by atoms with E-state index in [0.29, 0.717) is 19.4 Å². The molecule has 1 atom stereocenters. The van der Waals surface area contributed by atoms with Gasteiger partial charge in [-0.05, 0) is 24.7 Å². The number of likely N-dealkylation sites (tertiary alicyclic amines) is 1. The van der Waals surface area contributed by atoms with Gasteiger partial charge in [0.25, 0.3) is 0 Å². The highest BCUT2D eigenvalue weighted by molar-refractivity contribution is 5.84. The Morgan fingerprint density at radius 3 is 2.50 bits per heavy atom. The summed E-state index contributed by atoms with van der Waals surface area (Å²) in [6, 6.07) is -0.590. The number of carboxylic acid groups (broad SMARTS) is 1. The van der Waals surface area contributed by atoms with Crippen molar-refractivity contribution in [2.45, 2.75) is 52.5 Å². The predicted octanol–water partition coefficient (Wildman–Crippen LogP) is 1.89. The van der Waals surface area contributed by atoms with Gasteiger partial charge in [-0.15, -0.1) is 0 Å². The Balaban J connectivity index is 2.50. The molecule has 0 radical (unpaired) electrons. The predicted molar refractivity (Wildman–Crippen MR) is 61.1 cm³/mol. The molecule has 0 aliphatic carbocycles. The van der Waals surface area contributed by atoms with E-state index in [4.69, 9.17) is 5.11 Å². The second-order valence-electron chi connectivity index (χ2n) is 5.64. The molecule has 4 nitrogen and oxygen atoms in total. The van der Waals surface area contributed by atoms with E-state index in [1.807, 2.05) is 0 Å². The van der Waals surface area contributed by atoms with Gasteiger partial charge in [0.1, 0.15) is 6.04 Å². The third-order valence-electron chi connectivity index (χ3n) is 2.95. The number of aliphatic carboxylic acids is 1. The smallest absolute Gasteiger partial charge is 0.326 e. The summed E-state index contributed by atoms with van der Waals surface area (Å²) in [5.41, 5.74) is 0.119. The molecule has 1 aliphatic heterocycles. The number of nitrogens with zero attached hydrogens (tertiary/aromatic N) is 1. The molecule has 0 bridgehead atoms. The van der Waals surface area contributed by atoms with Gasteiger partial charge in [0.2, 0.25) is 5.91 Å². The summed E-state index contributed by atoms with van der Waals surface area (Å²) in [4.78, 5) is 24.3. The summed E-state index contributed by atoms with van der Waals surface area (Å²) < 4.78 is 0. The van der Waals surface area contributed by atoms with Crippen LogP contribution in [0.15, 0.2) is 0 Å². The maximum absolute atomic E-state index is 11.9. The van der Waals surface area contributed by atoms with Crippen LogP contribution in [0.1, 0.15) is 46.5 Å². The van der Waals surface area contributed by atoms with Crippen LogP contribution in [0.4, 0.5) is 0 Å². The normalized spacial score (nSPS) is 21.2. The minimum Gasteiger partial charge on any atom is -0.480 e. The zero-order valence-corrected chi connectivity index (χ0v) is 10.3. The number of carboxylic acids is 1. The molecule has 1 rings (SSSR count). The lowest BCUT2D eigenvalue weighted by atomic mass is 9.90. The van der Waals surface area contributed by atoms with Crippen molar-refractivity contribution < 1.29 is 14.7 Å². The molecule has 1 heterocycles. The van der Waals surface area contributed by atoms with E-state index in [9.17, 15) is 9.59 Å². The van der Waals surface area contributed by atoms with Crippen LogP contribution in [0, 0.1) is 5.41 Å². The lowest BCUT2D eigenvalue weighted by Crippen LogP contribution is -2.40. The van der Waals surface area contributed by atoms with Gasteiger partial charge in [-0.3, -0.25) is 4.79 Å². The first-order chi connectivity index (χ1) is 7.31. The molecule has 0 saturated carbocycles. The van der Waals surface area contributed by atoms with Gasteiger partial charge in [0.15, 0.2) is 0 Å². The van der Waals surface area contributed by atoms with Crippen LogP contribution in [0.5, 0.6) is 0 Å². The van der Waals surface area contributed by atoms with Crippen LogP contribution in [-0.4, -0.2) is 34.5 Å². The average Bonchev–Trinajstić information content (AvgIpc) is 2.61. The molecular formula is C12H21NO3. The first-order valence-electron chi connectivity index (χ1n) is 5.83. The highest BCUT2D eigenvalue weighted by atomic mass is 16.4. The fourth-order valence-corrected chi connectivity index (χ4v) is 1.95. The van der Waals surface area contributed by atoms with Crippen molar-refractivity contribution >= 4 is 11.9 Å². The maximum Gasteiger partial charge on any atom is 0.326 e. The van der Waals surface area contributed by atoms with Crippen LogP contribution < -0.4 is 0 Å². The van der Waals surface area contributed by atoms with E-state index in [0.717, 1.165) is 12.8 Å². The molecule has 0 aromatic carbocycles. The lowest BCUT2D eigenvalue weighted by Gasteiger charge is -2.24. The molecule has 0 aromatic rings. The number of carbonyl (C=O) groups excluding carboxylic acids is 1. The Morgan fingerprint density at radius 2 is 2.00 bits per heavy atom. The standard InChI is InChI=1S/C12H21NO3/c1-12(2,3)7-6-10(14)13-8-4-5-9(13)11(15)16/h9H,4-8H2,1-3H3,(H,15,16)/t9-/m1/s1. The molecule has 0 aromatic heterocycles. The summed E-state index contributed by atoms with van der Waals surface area (Å²) in [6.07, 6.45) is 2.65. The van der Waals surface area contributed by atoms with Crippen molar-refractivity contribution in [3.05, 3.63) is 0 Å². The second kappa shape index (κ2) is 4.85. The minimum absolute atomic E-state index is 0.0141. The zero-order chi connectivity index (χ0) is 12.3. The van der Waals surface area contributed by atoms with Crippen molar-refractivity contribution in [2.75, 3.05) is 6.54 Å². The van der Waals surface area contributed by atoms with Crippen molar-refractivity contribution in [1.82, 2.24) is 4.90 Å². The van der Waals surface area contributed by atoms with E-state index in [2.05, 4.69) is 20.8 Å². The third kappa shape index (κ3) is 3.51. The molecule has 0 spiro atoms. The third-order valence-corrected chi connectivity index (χ3v) is 2.95. The Bertz CT molecular complexity index is 280. The molecule has 92 valence electrons. The van der Waals surface area contributed by atoms with E-state index in [1.165, 1.54) is 4.90 Å². The fourth-order valence-electron chi connectivity index (χ4n) is 1.95. The van der Waals surface area contributed by atoms with Crippen LogP contribution in [0.25, 0.3) is 0 Å². The number of carbonyl (C=O) groups is 2. The molecular weight excluding hydrogens is 206 g/mol. The van der Waals surface area contributed by atoms with Crippen molar-refractivity contribution in [2.24, 2.45) is 5.41 Å². The molecule has 16 heavy (non-hydrogen) atoms. The van der Waals surface area contributed by atoms with Crippen LogP contribution in [-0.2, 0) is 9.59 Å². The summed E-state index contributed by atoms with van der Waals surface area (Å²) in [5.74, 6) is -0.888. The molecule has 4 heteroatoms. The Labute approximate surface area is 96.6 Å². The number of rotatable bonds is 3. The fraction of sp³-hybridized carbons (Fsp3) is 0.833. The van der Waals surface area contributed by atoms with E-state index >= 15 is 0 Å². The van der Waals surface area contributed by atoms with Crippen molar-refractivity contribution in [3.63, 3.8) is 0 Å². The number of amides is 1. The molecule has 1 fully saturated rings. The zero-order valence-electron chi connectivity index (χ0n) is 10.3. The summed E-state index contributed by atoms with van der Waals surface area (Å²) in [6.45, 7) is 6.84. The van der Waals surface area contributed by atoms with Gasteiger partial charge in [0.05, 0.1) is 0 Å². The summed E-state index contributed by atoms with van der Waals surface area (Å²) in [5, 5.41) is 8.97. The first kappa shape index (κ1) is 13.0. The van der Waals surface area contributed by atoms with Gasteiger partial charge in [0, 0.05) is 13.0 Å². The lowest BCUT2D eigenvalue weighted by molar-refractivity contribution is -0.148. The quantitative estimate of drug-likeness (QED) is 0.801. The Kier molecular flexibility index (Phi) is 3.94.